The lowest BCUT2D eigenvalue weighted by Crippen LogP contribution is -2.26. The van der Waals surface area contributed by atoms with Crippen molar-refractivity contribution in [1.82, 2.24) is 4.98 Å². The van der Waals surface area contributed by atoms with E-state index in [0.29, 0.717) is 6.04 Å². The molecule has 0 bridgehead atoms. The highest BCUT2D eigenvalue weighted by Crippen LogP contribution is 2.38. The van der Waals surface area contributed by atoms with Gasteiger partial charge in [-0.05, 0) is 25.8 Å². The monoisotopic (exact) mass is 227 g/mol. The van der Waals surface area contributed by atoms with Crippen molar-refractivity contribution in [1.29, 1.82) is 0 Å². The minimum absolute atomic E-state index is 0.674. The van der Waals surface area contributed by atoms with Gasteiger partial charge in [-0.25, -0.2) is 0 Å². The molecule has 1 aromatic carbocycles. The second-order valence-electron chi connectivity index (χ2n) is 4.60. The Hall–Kier alpha value is -1.77. The molecule has 1 heterocycles. The summed E-state index contributed by atoms with van der Waals surface area (Å²) in [4.78, 5) is 6.80. The van der Waals surface area contributed by atoms with Crippen molar-refractivity contribution in [3.05, 3.63) is 30.5 Å². The minimum atomic E-state index is 0.674. The number of hydrogen-bond acceptors (Lipinski definition) is 3. The molecule has 1 saturated carbocycles. The Morgan fingerprint density at radius 3 is 2.82 bits per heavy atom. The highest BCUT2D eigenvalue weighted by molar-refractivity contribution is 5.97. The highest BCUT2D eigenvalue weighted by Gasteiger charge is 2.30. The predicted octanol–water partition coefficient (Wildman–Crippen LogP) is 2.81. The summed E-state index contributed by atoms with van der Waals surface area (Å²) in [6.45, 7) is 3.19. The van der Waals surface area contributed by atoms with E-state index < -0.39 is 0 Å². The number of nitrogens with two attached hydrogens (primary N) is 1. The van der Waals surface area contributed by atoms with Gasteiger partial charge in [-0.2, -0.15) is 0 Å². The molecule has 3 nitrogen and oxygen atoms in total. The number of nitrogens with zero attached hydrogens (tertiary/aromatic N) is 2. The van der Waals surface area contributed by atoms with Crippen LogP contribution in [0.5, 0.6) is 0 Å². The van der Waals surface area contributed by atoms with E-state index in [9.17, 15) is 0 Å². The molecule has 0 radical (unpaired) electrons. The molecule has 1 fully saturated rings. The van der Waals surface area contributed by atoms with Crippen molar-refractivity contribution in [2.75, 3.05) is 17.2 Å². The third-order valence-corrected chi connectivity index (χ3v) is 3.39. The summed E-state index contributed by atoms with van der Waals surface area (Å²) >= 11 is 0. The zero-order chi connectivity index (χ0) is 11.8. The van der Waals surface area contributed by atoms with E-state index in [1.54, 1.807) is 6.20 Å². The molecule has 88 valence electrons. The first-order valence-corrected chi connectivity index (χ1v) is 6.21. The minimum Gasteiger partial charge on any atom is -0.396 e. The van der Waals surface area contributed by atoms with Gasteiger partial charge in [0.2, 0.25) is 0 Å². The Labute approximate surface area is 101 Å². The average Bonchev–Trinajstić information content (AvgIpc) is 3.17. The fourth-order valence-corrected chi connectivity index (χ4v) is 2.45. The summed E-state index contributed by atoms with van der Waals surface area (Å²) in [5, 5.41) is 1.17. The second kappa shape index (κ2) is 3.91. The average molecular weight is 227 g/mol. The van der Waals surface area contributed by atoms with E-state index in [2.05, 4.69) is 22.9 Å². The van der Waals surface area contributed by atoms with Crippen molar-refractivity contribution >= 4 is 22.3 Å². The first-order valence-electron chi connectivity index (χ1n) is 6.21. The number of para-hydroxylation sites is 1. The van der Waals surface area contributed by atoms with Crippen molar-refractivity contribution in [2.24, 2.45) is 0 Å². The van der Waals surface area contributed by atoms with Crippen LogP contribution in [0.15, 0.2) is 30.5 Å². The molecular formula is C14H17N3. The van der Waals surface area contributed by atoms with Crippen LogP contribution in [0.2, 0.25) is 0 Å². The van der Waals surface area contributed by atoms with Gasteiger partial charge < -0.3 is 10.6 Å². The molecule has 3 rings (SSSR count). The number of anilines is 2. The number of aromatic nitrogens is 1. The van der Waals surface area contributed by atoms with Crippen molar-refractivity contribution in [2.45, 2.75) is 25.8 Å². The van der Waals surface area contributed by atoms with Crippen LogP contribution in [0, 0.1) is 0 Å². The van der Waals surface area contributed by atoms with Gasteiger partial charge in [0, 0.05) is 18.0 Å². The van der Waals surface area contributed by atoms with Crippen LogP contribution in [-0.4, -0.2) is 17.6 Å². The van der Waals surface area contributed by atoms with Crippen LogP contribution in [0.25, 0.3) is 10.9 Å². The first-order chi connectivity index (χ1) is 8.31. The molecule has 2 aromatic rings. The normalized spacial score (nSPS) is 15.1. The molecule has 0 aliphatic heterocycles. The van der Waals surface area contributed by atoms with Crippen LogP contribution in [-0.2, 0) is 0 Å². The van der Waals surface area contributed by atoms with E-state index in [0.717, 1.165) is 17.7 Å². The predicted molar refractivity (Wildman–Crippen MR) is 72.2 cm³/mol. The topological polar surface area (TPSA) is 42.1 Å². The van der Waals surface area contributed by atoms with E-state index in [1.165, 1.54) is 23.9 Å². The molecule has 0 spiro atoms. The van der Waals surface area contributed by atoms with Gasteiger partial charge in [0.1, 0.15) is 0 Å². The van der Waals surface area contributed by atoms with Crippen LogP contribution < -0.4 is 10.6 Å². The van der Waals surface area contributed by atoms with E-state index >= 15 is 0 Å². The van der Waals surface area contributed by atoms with Crippen LogP contribution in [0.4, 0.5) is 11.4 Å². The van der Waals surface area contributed by atoms with Crippen LogP contribution >= 0.6 is 0 Å². The summed E-state index contributed by atoms with van der Waals surface area (Å²) in [6.07, 6.45) is 4.34. The van der Waals surface area contributed by atoms with Gasteiger partial charge in [0.25, 0.3) is 0 Å². The van der Waals surface area contributed by atoms with E-state index in [1.807, 2.05) is 18.2 Å². The maximum absolute atomic E-state index is 6.12. The molecule has 1 aliphatic rings. The maximum atomic E-state index is 6.12. The molecule has 0 amide bonds. The number of pyridine rings is 1. The number of nitrogen functional groups attached to an aromatic ring is 1. The Balaban J connectivity index is 2.21. The Morgan fingerprint density at radius 2 is 2.12 bits per heavy atom. The third kappa shape index (κ3) is 1.71. The van der Waals surface area contributed by atoms with Gasteiger partial charge in [0.05, 0.1) is 23.1 Å². The van der Waals surface area contributed by atoms with Crippen molar-refractivity contribution in [3.8, 4) is 0 Å². The largest absolute Gasteiger partial charge is 0.396 e. The van der Waals surface area contributed by atoms with E-state index in [4.69, 9.17) is 5.73 Å². The lowest BCUT2D eigenvalue weighted by molar-refractivity contribution is 0.831. The second-order valence-corrected chi connectivity index (χ2v) is 4.60. The molecule has 0 unspecified atom stereocenters. The summed E-state index contributed by atoms with van der Waals surface area (Å²) < 4.78 is 0. The number of benzene rings is 1. The number of fused-ring (bicyclic) bond motifs is 1. The molecule has 1 aliphatic carbocycles. The smallest absolute Gasteiger partial charge is 0.0745 e. The number of hydrogen-bond donors (Lipinski definition) is 1. The maximum Gasteiger partial charge on any atom is 0.0745 e. The fourth-order valence-electron chi connectivity index (χ4n) is 2.45. The SMILES string of the molecule is CCN(c1c(N)cnc2ccccc12)C1CC1. The molecule has 3 heteroatoms. The summed E-state index contributed by atoms with van der Waals surface area (Å²) in [5.41, 5.74) is 9.10. The molecule has 0 saturated heterocycles. The Kier molecular flexibility index (Phi) is 2.39. The molecule has 1 aromatic heterocycles. The molecule has 2 N–H and O–H groups in total. The first kappa shape index (κ1) is 10.4. The van der Waals surface area contributed by atoms with E-state index in [-0.39, 0.29) is 0 Å². The van der Waals surface area contributed by atoms with Gasteiger partial charge >= 0.3 is 0 Å². The van der Waals surface area contributed by atoms with Gasteiger partial charge in [-0.1, -0.05) is 18.2 Å². The lowest BCUT2D eigenvalue weighted by atomic mass is 10.1. The number of rotatable bonds is 3. The standard InChI is InChI=1S/C14H17N3/c1-2-17(10-7-8-10)14-11-5-3-4-6-13(11)16-9-12(14)15/h3-6,9-10H,2,7-8,15H2,1H3. The van der Waals surface area contributed by atoms with Crippen molar-refractivity contribution in [3.63, 3.8) is 0 Å². The summed E-state index contributed by atoms with van der Waals surface area (Å²) in [6, 6.07) is 8.89. The highest BCUT2D eigenvalue weighted by atomic mass is 15.2. The molecule has 0 atom stereocenters. The van der Waals surface area contributed by atoms with Crippen LogP contribution in [0.3, 0.4) is 0 Å². The van der Waals surface area contributed by atoms with Crippen LogP contribution in [0.1, 0.15) is 19.8 Å². The quantitative estimate of drug-likeness (QED) is 0.876. The summed E-state index contributed by atoms with van der Waals surface area (Å²) in [7, 11) is 0. The van der Waals surface area contributed by atoms with Gasteiger partial charge in [-0.3, -0.25) is 4.98 Å². The van der Waals surface area contributed by atoms with Gasteiger partial charge in [-0.15, -0.1) is 0 Å². The van der Waals surface area contributed by atoms with Gasteiger partial charge in [0.15, 0.2) is 0 Å². The zero-order valence-electron chi connectivity index (χ0n) is 10.1. The molecule has 17 heavy (non-hydrogen) atoms. The fraction of sp³-hybridized carbons (Fsp3) is 0.357. The lowest BCUT2D eigenvalue weighted by Gasteiger charge is -2.25. The summed E-state index contributed by atoms with van der Waals surface area (Å²) in [5.74, 6) is 0. The zero-order valence-corrected chi connectivity index (χ0v) is 10.1. The Bertz CT molecular complexity index is 546. The van der Waals surface area contributed by atoms with Crippen molar-refractivity contribution < 1.29 is 0 Å². The Morgan fingerprint density at radius 1 is 1.35 bits per heavy atom. The molecular weight excluding hydrogens is 210 g/mol. The third-order valence-electron chi connectivity index (χ3n) is 3.39.